The molecule has 0 unspecified atom stereocenters. The molecule has 0 spiro atoms. The minimum absolute atomic E-state index is 0.0302. The van der Waals surface area contributed by atoms with E-state index in [0.717, 1.165) is 0 Å². The minimum Gasteiger partial charge on any atom is -0.242 e. The summed E-state index contributed by atoms with van der Waals surface area (Å²) >= 11 is 0. The van der Waals surface area contributed by atoms with Crippen LogP contribution in [0.1, 0.15) is 17.0 Å². The number of nitriles is 1. The molecule has 0 aliphatic rings. The summed E-state index contributed by atoms with van der Waals surface area (Å²) in [5.41, 5.74) is 1.54. The van der Waals surface area contributed by atoms with Gasteiger partial charge in [0, 0.05) is 11.9 Å². The summed E-state index contributed by atoms with van der Waals surface area (Å²) in [4.78, 5) is 3.95. The largest absolute Gasteiger partial charge is 0.242 e. The van der Waals surface area contributed by atoms with Gasteiger partial charge in [0.15, 0.2) is 9.84 Å². The molecule has 0 aromatic carbocycles. The summed E-state index contributed by atoms with van der Waals surface area (Å²) in [7, 11) is -3.04. The topological polar surface area (TPSA) is 70.8 Å². The summed E-state index contributed by atoms with van der Waals surface area (Å²) in [6, 6.07) is 5.05. The number of aromatic nitrogens is 1. The zero-order valence-corrected chi connectivity index (χ0v) is 8.80. The molecule has 0 fully saturated rings. The van der Waals surface area contributed by atoms with E-state index in [1.54, 1.807) is 13.0 Å². The fourth-order valence-corrected chi connectivity index (χ4v) is 1.96. The van der Waals surface area contributed by atoms with Crippen molar-refractivity contribution in [2.75, 3.05) is 6.26 Å². The molecule has 5 heteroatoms. The first-order valence-electron chi connectivity index (χ1n) is 3.97. The van der Waals surface area contributed by atoms with Gasteiger partial charge in [0.2, 0.25) is 0 Å². The lowest BCUT2D eigenvalue weighted by atomic mass is 10.2. The quantitative estimate of drug-likeness (QED) is 0.724. The molecule has 0 atom stereocenters. The van der Waals surface area contributed by atoms with Crippen molar-refractivity contribution in [1.29, 1.82) is 5.26 Å². The molecular weight excluding hydrogens is 200 g/mol. The molecule has 14 heavy (non-hydrogen) atoms. The van der Waals surface area contributed by atoms with Gasteiger partial charge in [-0.15, -0.1) is 0 Å². The lowest BCUT2D eigenvalue weighted by Gasteiger charge is -2.02. The van der Waals surface area contributed by atoms with Gasteiger partial charge in [-0.2, -0.15) is 5.26 Å². The monoisotopic (exact) mass is 210 g/mol. The summed E-state index contributed by atoms with van der Waals surface area (Å²) < 4.78 is 22.0. The van der Waals surface area contributed by atoms with Gasteiger partial charge in [-0.3, -0.25) is 0 Å². The Morgan fingerprint density at radius 1 is 1.50 bits per heavy atom. The van der Waals surface area contributed by atoms with Crippen LogP contribution in [0.15, 0.2) is 12.1 Å². The van der Waals surface area contributed by atoms with Crippen LogP contribution in [0, 0.1) is 18.3 Å². The Labute approximate surface area is 83.1 Å². The molecule has 4 nitrogen and oxygen atoms in total. The summed E-state index contributed by atoms with van der Waals surface area (Å²) in [6.45, 7) is 1.70. The first-order chi connectivity index (χ1) is 6.42. The maximum Gasteiger partial charge on any atom is 0.151 e. The number of aryl methyl sites for hydroxylation is 1. The normalized spacial score (nSPS) is 10.9. The van der Waals surface area contributed by atoms with E-state index in [0.29, 0.717) is 17.0 Å². The summed E-state index contributed by atoms with van der Waals surface area (Å²) in [5, 5.41) is 8.55. The highest BCUT2D eigenvalue weighted by Crippen LogP contribution is 2.09. The van der Waals surface area contributed by atoms with E-state index in [1.165, 1.54) is 12.3 Å². The van der Waals surface area contributed by atoms with Crippen LogP contribution in [-0.2, 0) is 15.6 Å². The zero-order valence-electron chi connectivity index (χ0n) is 7.98. The van der Waals surface area contributed by atoms with Crippen LogP contribution >= 0.6 is 0 Å². The lowest BCUT2D eigenvalue weighted by molar-refractivity contribution is 0.601. The molecule has 1 heterocycles. The molecule has 0 saturated heterocycles. The van der Waals surface area contributed by atoms with Crippen molar-refractivity contribution in [3.63, 3.8) is 0 Å². The SMILES string of the molecule is Cc1nc(C#N)ccc1CS(C)(=O)=O. The van der Waals surface area contributed by atoms with Crippen LogP contribution in [0.4, 0.5) is 0 Å². The van der Waals surface area contributed by atoms with Crippen molar-refractivity contribution < 1.29 is 8.42 Å². The molecule has 0 amide bonds. The van der Waals surface area contributed by atoms with Crippen molar-refractivity contribution in [2.45, 2.75) is 12.7 Å². The van der Waals surface area contributed by atoms with E-state index < -0.39 is 9.84 Å². The fourth-order valence-electron chi connectivity index (χ4n) is 1.09. The van der Waals surface area contributed by atoms with Crippen LogP contribution < -0.4 is 0 Å². The molecule has 0 radical (unpaired) electrons. The van der Waals surface area contributed by atoms with Crippen LogP contribution in [0.2, 0.25) is 0 Å². The standard InChI is InChI=1S/C9H10N2O2S/c1-7-8(6-14(2,12)13)3-4-9(5-10)11-7/h3-4H,6H2,1-2H3. The molecule has 0 bridgehead atoms. The van der Waals surface area contributed by atoms with Crippen molar-refractivity contribution >= 4 is 9.84 Å². The predicted molar refractivity (Wildman–Crippen MR) is 52.2 cm³/mol. The molecular formula is C9H10N2O2S. The van der Waals surface area contributed by atoms with Crippen molar-refractivity contribution in [2.24, 2.45) is 0 Å². The van der Waals surface area contributed by atoms with Crippen LogP contribution in [0.5, 0.6) is 0 Å². The highest BCUT2D eigenvalue weighted by atomic mass is 32.2. The van der Waals surface area contributed by atoms with Crippen molar-refractivity contribution in [3.8, 4) is 6.07 Å². The minimum atomic E-state index is -3.04. The fraction of sp³-hybridized carbons (Fsp3) is 0.333. The number of pyridine rings is 1. The van der Waals surface area contributed by atoms with Gasteiger partial charge >= 0.3 is 0 Å². The maximum atomic E-state index is 11.0. The highest BCUT2D eigenvalue weighted by Gasteiger charge is 2.08. The maximum absolute atomic E-state index is 11.0. The molecule has 74 valence electrons. The Hall–Kier alpha value is -1.41. The molecule has 1 aromatic rings. The van der Waals surface area contributed by atoms with E-state index in [9.17, 15) is 8.42 Å². The third-order valence-corrected chi connectivity index (χ3v) is 2.56. The third-order valence-electron chi connectivity index (χ3n) is 1.73. The van der Waals surface area contributed by atoms with Crippen molar-refractivity contribution in [3.05, 3.63) is 29.1 Å². The van der Waals surface area contributed by atoms with Gasteiger partial charge in [-0.05, 0) is 18.6 Å². The lowest BCUT2D eigenvalue weighted by Crippen LogP contribution is -2.04. The van der Waals surface area contributed by atoms with E-state index in [1.807, 2.05) is 6.07 Å². The number of rotatable bonds is 2. The first kappa shape index (κ1) is 10.7. The molecule has 1 rings (SSSR count). The number of hydrogen-bond acceptors (Lipinski definition) is 4. The molecule has 0 aliphatic carbocycles. The third kappa shape index (κ3) is 2.82. The number of hydrogen-bond donors (Lipinski definition) is 0. The second-order valence-corrected chi connectivity index (χ2v) is 5.26. The van der Waals surface area contributed by atoms with Gasteiger partial charge in [-0.1, -0.05) is 6.07 Å². The van der Waals surface area contributed by atoms with Crippen molar-refractivity contribution in [1.82, 2.24) is 4.98 Å². The molecule has 1 aromatic heterocycles. The Kier molecular flexibility index (Phi) is 2.87. The van der Waals surface area contributed by atoms with E-state index in [4.69, 9.17) is 5.26 Å². The van der Waals surface area contributed by atoms with E-state index >= 15 is 0 Å². The van der Waals surface area contributed by atoms with E-state index in [-0.39, 0.29) is 5.75 Å². The zero-order chi connectivity index (χ0) is 10.8. The van der Waals surface area contributed by atoms with Gasteiger partial charge in [0.05, 0.1) is 5.75 Å². The first-order valence-corrected chi connectivity index (χ1v) is 6.03. The Bertz CT molecular complexity index is 486. The summed E-state index contributed by atoms with van der Waals surface area (Å²) in [6.07, 6.45) is 1.17. The van der Waals surface area contributed by atoms with Gasteiger partial charge in [0.25, 0.3) is 0 Å². The van der Waals surface area contributed by atoms with Gasteiger partial charge < -0.3 is 0 Å². The Morgan fingerprint density at radius 3 is 2.57 bits per heavy atom. The Balaban J connectivity index is 3.09. The second kappa shape index (κ2) is 3.76. The molecule has 0 N–H and O–H groups in total. The Morgan fingerprint density at radius 2 is 2.14 bits per heavy atom. The second-order valence-electron chi connectivity index (χ2n) is 3.12. The molecule has 0 saturated carbocycles. The highest BCUT2D eigenvalue weighted by molar-refractivity contribution is 7.89. The predicted octanol–water partition coefficient (Wildman–Crippen LogP) is 0.806. The number of nitrogens with zero attached hydrogens (tertiary/aromatic N) is 2. The van der Waals surface area contributed by atoms with Crippen LogP contribution in [0.3, 0.4) is 0 Å². The summed E-state index contributed by atoms with van der Waals surface area (Å²) in [5.74, 6) is -0.0302. The average molecular weight is 210 g/mol. The van der Waals surface area contributed by atoms with Crippen LogP contribution in [-0.4, -0.2) is 19.7 Å². The van der Waals surface area contributed by atoms with Gasteiger partial charge in [-0.25, -0.2) is 13.4 Å². The molecule has 0 aliphatic heterocycles. The average Bonchev–Trinajstić information content (AvgIpc) is 2.06. The van der Waals surface area contributed by atoms with Gasteiger partial charge in [0.1, 0.15) is 11.8 Å². The smallest absolute Gasteiger partial charge is 0.151 e. The van der Waals surface area contributed by atoms with Crippen LogP contribution in [0.25, 0.3) is 0 Å². The van der Waals surface area contributed by atoms with E-state index in [2.05, 4.69) is 4.98 Å². The number of sulfone groups is 1.